The second-order valence-electron chi connectivity index (χ2n) is 9.51. The lowest BCUT2D eigenvalue weighted by Crippen LogP contribution is -2.54. The fourth-order valence-corrected chi connectivity index (χ4v) is 5.73. The Morgan fingerprint density at radius 2 is 1.90 bits per heavy atom. The molecule has 0 unspecified atom stereocenters. The number of benzene rings is 2. The van der Waals surface area contributed by atoms with Crippen LogP contribution in [0.25, 0.3) is 27.7 Å². The van der Waals surface area contributed by atoms with Crippen molar-refractivity contribution in [2.75, 3.05) is 30.3 Å². The zero-order valence-corrected chi connectivity index (χ0v) is 22.6. The number of halogens is 2. The second-order valence-corrected chi connectivity index (χ2v) is 11.0. The van der Waals surface area contributed by atoms with E-state index in [4.69, 9.17) is 10.9 Å². The standard InChI is InChI=1S/C27H25F2N7O4S/c1-3-23(37)34-10-11-35(15(2)14-34)25-17-12-19(29)16(24-18(28)6-4-7-20(24)30)13-22(17)36(27(38)33-25)21-8-5-9-32-26(21)41(31,39)40/h3-9,12-13,15H,1,10-11,14,30H2,2H3,(H2,31,39,40)/t15-/m0/s1. The Morgan fingerprint density at radius 3 is 2.56 bits per heavy atom. The van der Waals surface area contributed by atoms with Crippen molar-refractivity contribution in [1.29, 1.82) is 0 Å². The van der Waals surface area contributed by atoms with Crippen LogP contribution >= 0.6 is 0 Å². The maximum absolute atomic E-state index is 15.8. The average molecular weight is 582 g/mol. The number of primary sulfonamides is 1. The van der Waals surface area contributed by atoms with Gasteiger partial charge in [0.15, 0.2) is 5.03 Å². The number of anilines is 2. The number of sulfonamides is 1. The van der Waals surface area contributed by atoms with Gasteiger partial charge in [-0.2, -0.15) is 4.98 Å². The molecule has 1 fully saturated rings. The molecule has 2 aromatic heterocycles. The van der Waals surface area contributed by atoms with Gasteiger partial charge in [0.25, 0.3) is 10.0 Å². The Bertz CT molecular complexity index is 1870. The number of nitrogen functional groups attached to an aromatic ring is 1. The van der Waals surface area contributed by atoms with Crippen molar-refractivity contribution in [2.45, 2.75) is 18.0 Å². The van der Waals surface area contributed by atoms with Gasteiger partial charge in [0.2, 0.25) is 5.91 Å². The van der Waals surface area contributed by atoms with Gasteiger partial charge in [0.1, 0.15) is 17.5 Å². The summed E-state index contributed by atoms with van der Waals surface area (Å²) in [6.45, 7) is 6.14. The largest absolute Gasteiger partial charge is 0.398 e. The van der Waals surface area contributed by atoms with Gasteiger partial charge in [-0.15, -0.1) is 0 Å². The quantitative estimate of drug-likeness (QED) is 0.268. The Kier molecular flexibility index (Phi) is 7.05. The molecule has 0 spiro atoms. The van der Waals surface area contributed by atoms with E-state index in [0.717, 1.165) is 16.7 Å². The summed E-state index contributed by atoms with van der Waals surface area (Å²) < 4.78 is 56.4. The summed E-state index contributed by atoms with van der Waals surface area (Å²) in [5.41, 5.74) is 4.34. The van der Waals surface area contributed by atoms with Crippen LogP contribution in [0.3, 0.4) is 0 Å². The molecule has 4 aromatic rings. The number of fused-ring (bicyclic) bond motifs is 1. The van der Waals surface area contributed by atoms with Gasteiger partial charge >= 0.3 is 5.69 Å². The van der Waals surface area contributed by atoms with Crippen LogP contribution < -0.4 is 21.5 Å². The molecule has 11 nitrogen and oxygen atoms in total. The van der Waals surface area contributed by atoms with Crippen molar-refractivity contribution in [2.24, 2.45) is 5.14 Å². The molecule has 1 saturated heterocycles. The summed E-state index contributed by atoms with van der Waals surface area (Å²) >= 11 is 0. The molecule has 1 aliphatic rings. The molecule has 0 radical (unpaired) electrons. The molecule has 0 bridgehead atoms. The lowest BCUT2D eigenvalue weighted by Gasteiger charge is -2.40. The van der Waals surface area contributed by atoms with Crippen molar-refractivity contribution >= 4 is 38.3 Å². The highest BCUT2D eigenvalue weighted by Gasteiger charge is 2.30. The molecule has 0 aliphatic carbocycles. The van der Waals surface area contributed by atoms with E-state index in [1.165, 1.54) is 42.6 Å². The van der Waals surface area contributed by atoms with E-state index in [0.29, 0.717) is 0 Å². The first-order valence-corrected chi connectivity index (χ1v) is 13.9. The van der Waals surface area contributed by atoms with Crippen molar-refractivity contribution in [3.8, 4) is 16.8 Å². The van der Waals surface area contributed by atoms with Crippen molar-refractivity contribution in [3.05, 3.63) is 83.4 Å². The fraction of sp³-hybridized carbons (Fsp3) is 0.185. The maximum Gasteiger partial charge on any atom is 0.354 e. The Labute approximate surface area is 233 Å². The Morgan fingerprint density at radius 1 is 1.15 bits per heavy atom. The summed E-state index contributed by atoms with van der Waals surface area (Å²) in [6.07, 6.45) is 2.40. The lowest BCUT2D eigenvalue weighted by atomic mass is 10.00. The Balaban J connectivity index is 1.83. The van der Waals surface area contributed by atoms with Crippen LogP contribution in [0.15, 0.2) is 71.1 Å². The molecular formula is C27H25F2N7O4S. The minimum absolute atomic E-state index is 0.00810. The molecule has 3 heterocycles. The molecule has 1 atom stereocenters. The van der Waals surface area contributed by atoms with Gasteiger partial charge in [0.05, 0.1) is 11.2 Å². The highest BCUT2D eigenvalue weighted by molar-refractivity contribution is 7.89. The normalized spacial score (nSPS) is 15.8. The highest BCUT2D eigenvalue weighted by Crippen LogP contribution is 2.37. The van der Waals surface area contributed by atoms with Gasteiger partial charge in [-0.3, -0.25) is 9.36 Å². The second kappa shape index (κ2) is 10.4. The molecule has 14 heteroatoms. The number of hydrogen-bond donors (Lipinski definition) is 2. The molecule has 41 heavy (non-hydrogen) atoms. The molecule has 4 N–H and O–H groups in total. The van der Waals surface area contributed by atoms with Crippen LogP contribution in [-0.2, 0) is 14.8 Å². The number of nitrogens with two attached hydrogens (primary N) is 2. The number of aromatic nitrogens is 3. The number of rotatable bonds is 5. The van der Waals surface area contributed by atoms with Crippen molar-refractivity contribution < 1.29 is 22.0 Å². The summed E-state index contributed by atoms with van der Waals surface area (Å²) in [4.78, 5) is 37.2. The predicted molar refractivity (Wildman–Crippen MR) is 150 cm³/mol. The third-order valence-corrected chi connectivity index (χ3v) is 7.78. The van der Waals surface area contributed by atoms with E-state index in [9.17, 15) is 22.4 Å². The zero-order chi connectivity index (χ0) is 29.6. The lowest BCUT2D eigenvalue weighted by molar-refractivity contribution is -0.126. The van der Waals surface area contributed by atoms with Crippen LogP contribution in [0.2, 0.25) is 0 Å². The van der Waals surface area contributed by atoms with Gasteiger partial charge in [-0.05, 0) is 49.4 Å². The van der Waals surface area contributed by atoms with Crippen LogP contribution in [0.4, 0.5) is 20.3 Å². The van der Waals surface area contributed by atoms with Crippen LogP contribution in [0, 0.1) is 11.6 Å². The van der Waals surface area contributed by atoms with Gasteiger partial charge in [0, 0.05) is 54.1 Å². The monoisotopic (exact) mass is 581 g/mol. The first-order valence-electron chi connectivity index (χ1n) is 12.4. The van der Waals surface area contributed by atoms with E-state index in [-0.39, 0.29) is 70.8 Å². The summed E-state index contributed by atoms with van der Waals surface area (Å²) in [6, 6.07) is 8.55. The minimum Gasteiger partial charge on any atom is -0.398 e. The predicted octanol–water partition coefficient (Wildman–Crippen LogP) is 2.18. The summed E-state index contributed by atoms with van der Waals surface area (Å²) in [5.74, 6) is -1.80. The highest BCUT2D eigenvalue weighted by atomic mass is 32.2. The number of piperazine rings is 1. The third kappa shape index (κ3) is 4.91. The third-order valence-electron chi connectivity index (χ3n) is 6.92. The van der Waals surface area contributed by atoms with E-state index in [1.54, 1.807) is 9.80 Å². The number of carbonyl (C=O) groups is 1. The summed E-state index contributed by atoms with van der Waals surface area (Å²) in [5, 5.41) is 4.90. The van der Waals surface area contributed by atoms with E-state index < -0.39 is 32.4 Å². The van der Waals surface area contributed by atoms with Crippen molar-refractivity contribution in [3.63, 3.8) is 0 Å². The minimum atomic E-state index is -4.42. The Hall–Kier alpha value is -4.69. The number of amides is 1. The molecular weight excluding hydrogens is 556 g/mol. The number of nitrogens with zero attached hydrogens (tertiary/aromatic N) is 5. The fourth-order valence-electron chi connectivity index (χ4n) is 5.07. The van der Waals surface area contributed by atoms with Crippen LogP contribution in [0.1, 0.15) is 6.92 Å². The van der Waals surface area contributed by atoms with E-state index >= 15 is 4.39 Å². The van der Waals surface area contributed by atoms with E-state index in [2.05, 4.69) is 16.5 Å². The number of carbonyl (C=O) groups excluding carboxylic acids is 1. The molecule has 0 saturated carbocycles. The topological polar surface area (TPSA) is 158 Å². The molecule has 212 valence electrons. The van der Waals surface area contributed by atoms with E-state index in [1.807, 2.05) is 6.92 Å². The maximum atomic E-state index is 15.8. The molecule has 1 amide bonds. The van der Waals surface area contributed by atoms with Gasteiger partial charge in [-0.25, -0.2) is 32.1 Å². The van der Waals surface area contributed by atoms with Crippen LogP contribution in [0.5, 0.6) is 0 Å². The molecule has 5 rings (SSSR count). The SMILES string of the molecule is C=CC(=O)N1CCN(c2nc(=O)n(-c3cccnc3S(N)(=O)=O)c3cc(-c4c(N)cccc4F)c(F)cc23)[C@@H](C)C1. The van der Waals surface area contributed by atoms with Gasteiger partial charge < -0.3 is 15.5 Å². The number of pyridine rings is 1. The number of hydrogen-bond acceptors (Lipinski definition) is 8. The molecule has 2 aromatic carbocycles. The van der Waals surface area contributed by atoms with Crippen molar-refractivity contribution in [1.82, 2.24) is 19.4 Å². The molecule has 1 aliphatic heterocycles. The van der Waals surface area contributed by atoms with Crippen LogP contribution in [-0.4, -0.2) is 59.4 Å². The smallest absolute Gasteiger partial charge is 0.354 e. The van der Waals surface area contributed by atoms with Gasteiger partial charge in [-0.1, -0.05) is 12.6 Å². The first kappa shape index (κ1) is 27.9. The average Bonchev–Trinajstić information content (AvgIpc) is 2.92. The summed E-state index contributed by atoms with van der Waals surface area (Å²) in [7, 11) is -4.42. The zero-order valence-electron chi connectivity index (χ0n) is 21.8. The first-order chi connectivity index (χ1) is 19.4.